The Kier molecular flexibility index (Phi) is 7.30. The molecule has 2 heterocycles. The quantitative estimate of drug-likeness (QED) is 0.815. The van der Waals surface area contributed by atoms with Crippen LogP contribution in [0.2, 0.25) is 0 Å². The molecule has 2 saturated heterocycles. The minimum atomic E-state index is -3.50. The Morgan fingerprint density at radius 1 is 1.19 bits per heavy atom. The molecule has 1 aromatic carbocycles. The van der Waals surface area contributed by atoms with E-state index in [4.69, 9.17) is 0 Å². The lowest BCUT2D eigenvalue weighted by atomic mass is 9.96. The molecule has 2 fully saturated rings. The molecule has 0 aromatic heterocycles. The fourth-order valence-corrected chi connectivity index (χ4v) is 5.68. The minimum Gasteiger partial charge on any atom is -0.341 e. The number of piperidine rings is 1. The third-order valence-electron chi connectivity index (χ3n) is 5.68. The van der Waals surface area contributed by atoms with Gasteiger partial charge in [0.2, 0.25) is 15.9 Å². The molecule has 6 nitrogen and oxygen atoms in total. The second kappa shape index (κ2) is 8.90. The largest absolute Gasteiger partial charge is 0.341 e. The molecule has 152 valence electrons. The van der Waals surface area contributed by atoms with E-state index in [9.17, 15) is 13.2 Å². The summed E-state index contributed by atoms with van der Waals surface area (Å²) in [4.78, 5) is 15.0. The van der Waals surface area contributed by atoms with E-state index < -0.39 is 10.0 Å². The summed E-state index contributed by atoms with van der Waals surface area (Å²) >= 11 is 0. The number of likely N-dealkylation sites (N-methyl/N-ethyl adjacent to an activating group) is 1. The summed E-state index contributed by atoms with van der Waals surface area (Å²) in [6, 6.07) is 5.69. The van der Waals surface area contributed by atoms with Crippen LogP contribution in [0.4, 0.5) is 0 Å². The summed E-state index contributed by atoms with van der Waals surface area (Å²) in [5, 5.41) is 3.28. The van der Waals surface area contributed by atoms with Crippen LogP contribution in [0, 0.1) is 19.8 Å². The smallest absolute Gasteiger partial charge is 0.243 e. The number of hydrogen-bond donors (Lipinski definition) is 1. The Hall–Kier alpha value is -1.15. The maximum atomic E-state index is 13.0. The molecule has 3 rings (SSSR count). The number of halogens is 1. The molecule has 2 aliphatic rings. The van der Waals surface area contributed by atoms with Crippen LogP contribution in [-0.4, -0.2) is 62.8 Å². The summed E-state index contributed by atoms with van der Waals surface area (Å²) in [6.07, 6.45) is 2.17. The molecule has 2 aliphatic heterocycles. The van der Waals surface area contributed by atoms with Crippen molar-refractivity contribution in [2.45, 2.75) is 44.0 Å². The number of nitrogens with one attached hydrogen (secondary N) is 1. The van der Waals surface area contributed by atoms with Gasteiger partial charge in [-0.3, -0.25) is 4.79 Å². The van der Waals surface area contributed by atoms with Crippen molar-refractivity contribution in [3.8, 4) is 0 Å². The van der Waals surface area contributed by atoms with E-state index in [1.165, 1.54) is 4.31 Å². The molecular formula is C19H30ClN3O3S. The highest BCUT2D eigenvalue weighted by atomic mass is 35.5. The van der Waals surface area contributed by atoms with Gasteiger partial charge in [-0.1, -0.05) is 17.7 Å². The maximum absolute atomic E-state index is 13.0. The zero-order valence-electron chi connectivity index (χ0n) is 16.3. The van der Waals surface area contributed by atoms with Crippen LogP contribution in [0.3, 0.4) is 0 Å². The van der Waals surface area contributed by atoms with E-state index in [2.05, 4.69) is 5.32 Å². The standard InChI is InChI=1S/C19H29N3O3S.ClH/c1-14-4-5-18(15(2)12-14)26(24,25)22-10-7-16(8-11-22)19(23)21(3)17-6-9-20-13-17;/h4-5,12,16-17,20H,6-11,13H2,1-3H3;1H. The summed E-state index contributed by atoms with van der Waals surface area (Å²) < 4.78 is 27.5. The second-order valence-corrected chi connectivity index (χ2v) is 9.45. The van der Waals surface area contributed by atoms with Gasteiger partial charge in [0, 0.05) is 38.6 Å². The van der Waals surface area contributed by atoms with Gasteiger partial charge in [-0.05, 0) is 51.3 Å². The zero-order chi connectivity index (χ0) is 18.9. The lowest BCUT2D eigenvalue weighted by Gasteiger charge is -2.34. The van der Waals surface area contributed by atoms with Crippen molar-refractivity contribution in [1.29, 1.82) is 0 Å². The third-order valence-corrected chi connectivity index (χ3v) is 7.74. The molecule has 1 atom stereocenters. The first kappa shape index (κ1) is 22.1. The first-order valence-electron chi connectivity index (χ1n) is 9.35. The Morgan fingerprint density at radius 2 is 1.85 bits per heavy atom. The normalized spacial score (nSPS) is 21.7. The van der Waals surface area contributed by atoms with Crippen LogP contribution >= 0.6 is 12.4 Å². The highest BCUT2D eigenvalue weighted by Crippen LogP contribution is 2.27. The van der Waals surface area contributed by atoms with Crippen LogP contribution in [0.15, 0.2) is 23.1 Å². The molecule has 1 unspecified atom stereocenters. The predicted molar refractivity (Wildman–Crippen MR) is 109 cm³/mol. The minimum absolute atomic E-state index is 0. The van der Waals surface area contributed by atoms with Crippen LogP contribution in [0.1, 0.15) is 30.4 Å². The van der Waals surface area contributed by atoms with E-state index in [0.717, 1.165) is 30.6 Å². The number of hydrogen-bond acceptors (Lipinski definition) is 4. The van der Waals surface area contributed by atoms with Gasteiger partial charge < -0.3 is 10.2 Å². The Morgan fingerprint density at radius 3 is 2.41 bits per heavy atom. The van der Waals surface area contributed by atoms with E-state index in [0.29, 0.717) is 30.8 Å². The SMILES string of the molecule is Cc1ccc(S(=O)(=O)N2CCC(C(=O)N(C)C3CCNC3)CC2)c(C)c1.Cl. The van der Waals surface area contributed by atoms with E-state index in [1.807, 2.05) is 37.9 Å². The van der Waals surface area contributed by atoms with E-state index >= 15 is 0 Å². The summed E-state index contributed by atoms with van der Waals surface area (Å²) in [7, 11) is -1.62. The molecule has 0 aliphatic carbocycles. The number of carbonyl (C=O) groups is 1. The Balaban J connectivity index is 0.00000261. The van der Waals surface area contributed by atoms with Gasteiger partial charge in [0.05, 0.1) is 4.90 Å². The molecule has 1 N–H and O–H groups in total. The van der Waals surface area contributed by atoms with E-state index in [1.54, 1.807) is 6.07 Å². The average Bonchev–Trinajstić information content (AvgIpc) is 3.15. The Bertz CT molecular complexity index is 770. The highest BCUT2D eigenvalue weighted by molar-refractivity contribution is 7.89. The number of sulfonamides is 1. The monoisotopic (exact) mass is 415 g/mol. The summed E-state index contributed by atoms with van der Waals surface area (Å²) in [5.74, 6) is 0.0772. The molecule has 1 aromatic rings. The topological polar surface area (TPSA) is 69.7 Å². The van der Waals surface area contributed by atoms with Crippen molar-refractivity contribution < 1.29 is 13.2 Å². The van der Waals surface area contributed by atoms with Gasteiger partial charge in [-0.15, -0.1) is 12.4 Å². The molecule has 27 heavy (non-hydrogen) atoms. The fraction of sp³-hybridized carbons (Fsp3) is 0.632. The molecule has 0 radical (unpaired) electrons. The molecule has 0 bridgehead atoms. The molecule has 0 saturated carbocycles. The fourth-order valence-electron chi connectivity index (χ4n) is 4.01. The van der Waals surface area contributed by atoms with Crippen molar-refractivity contribution in [3.63, 3.8) is 0 Å². The van der Waals surface area contributed by atoms with Crippen LogP contribution in [0.25, 0.3) is 0 Å². The van der Waals surface area contributed by atoms with Crippen molar-refractivity contribution in [2.24, 2.45) is 5.92 Å². The Labute approximate surface area is 168 Å². The average molecular weight is 416 g/mol. The first-order valence-corrected chi connectivity index (χ1v) is 10.8. The van der Waals surface area contributed by atoms with Crippen molar-refractivity contribution >= 4 is 28.3 Å². The zero-order valence-corrected chi connectivity index (χ0v) is 17.9. The van der Waals surface area contributed by atoms with Gasteiger partial charge in [0.25, 0.3) is 0 Å². The summed E-state index contributed by atoms with van der Waals surface area (Å²) in [6.45, 7) is 6.40. The third kappa shape index (κ3) is 4.65. The van der Waals surface area contributed by atoms with Gasteiger partial charge in [0.1, 0.15) is 0 Å². The number of aryl methyl sites for hydroxylation is 2. The summed E-state index contributed by atoms with van der Waals surface area (Å²) in [5.41, 5.74) is 1.83. The van der Waals surface area contributed by atoms with Crippen molar-refractivity contribution in [1.82, 2.24) is 14.5 Å². The number of rotatable bonds is 4. The lowest BCUT2D eigenvalue weighted by molar-refractivity contribution is -0.137. The van der Waals surface area contributed by atoms with Gasteiger partial charge in [-0.25, -0.2) is 8.42 Å². The first-order chi connectivity index (χ1) is 12.3. The van der Waals surface area contributed by atoms with Gasteiger partial charge >= 0.3 is 0 Å². The van der Waals surface area contributed by atoms with Crippen LogP contribution in [-0.2, 0) is 14.8 Å². The number of amides is 1. The van der Waals surface area contributed by atoms with E-state index in [-0.39, 0.29) is 30.3 Å². The van der Waals surface area contributed by atoms with Crippen molar-refractivity contribution in [2.75, 3.05) is 33.2 Å². The number of carbonyl (C=O) groups excluding carboxylic acids is 1. The number of nitrogens with zero attached hydrogens (tertiary/aromatic N) is 2. The van der Waals surface area contributed by atoms with Crippen LogP contribution < -0.4 is 5.32 Å². The van der Waals surface area contributed by atoms with Crippen molar-refractivity contribution in [3.05, 3.63) is 29.3 Å². The molecule has 1 amide bonds. The lowest BCUT2D eigenvalue weighted by Crippen LogP contribution is -2.46. The molecule has 0 spiro atoms. The van der Waals surface area contributed by atoms with Crippen LogP contribution in [0.5, 0.6) is 0 Å². The highest BCUT2D eigenvalue weighted by Gasteiger charge is 2.35. The maximum Gasteiger partial charge on any atom is 0.243 e. The predicted octanol–water partition coefficient (Wildman–Crippen LogP) is 1.95. The molecular weight excluding hydrogens is 386 g/mol. The number of benzene rings is 1. The molecule has 8 heteroatoms. The van der Waals surface area contributed by atoms with Gasteiger partial charge in [0.15, 0.2) is 0 Å². The van der Waals surface area contributed by atoms with Gasteiger partial charge in [-0.2, -0.15) is 4.31 Å². The second-order valence-electron chi connectivity index (χ2n) is 7.54.